The number of aromatic nitrogens is 1. The summed E-state index contributed by atoms with van der Waals surface area (Å²) in [5.74, 6) is -0.541. The number of nitrogens with zero attached hydrogens (tertiary/aromatic N) is 1. The molecule has 0 bridgehead atoms. The average molecular weight is 481 g/mol. The molecule has 8 nitrogen and oxygen atoms in total. The van der Waals surface area contributed by atoms with E-state index < -0.39 is 10.0 Å². The molecule has 3 N–H and O–H groups in total. The van der Waals surface area contributed by atoms with E-state index in [0.29, 0.717) is 22.4 Å². The quantitative estimate of drug-likeness (QED) is 0.435. The van der Waals surface area contributed by atoms with E-state index >= 15 is 0 Å². The van der Waals surface area contributed by atoms with Crippen LogP contribution in [0.5, 0.6) is 0 Å². The highest BCUT2D eigenvalue weighted by atomic mass is 32.2. The first kappa shape index (κ1) is 25.1. The number of amides is 2. The molecule has 2 aromatic carbocycles. The minimum atomic E-state index is -3.72. The zero-order valence-corrected chi connectivity index (χ0v) is 20.2. The van der Waals surface area contributed by atoms with Crippen molar-refractivity contribution in [3.8, 4) is 0 Å². The van der Waals surface area contributed by atoms with Gasteiger partial charge in [0.15, 0.2) is 0 Å². The first-order chi connectivity index (χ1) is 16.2. The Bertz CT molecular complexity index is 1270. The summed E-state index contributed by atoms with van der Waals surface area (Å²) >= 11 is 0. The van der Waals surface area contributed by atoms with Gasteiger partial charge in [-0.15, -0.1) is 0 Å². The van der Waals surface area contributed by atoms with E-state index in [4.69, 9.17) is 0 Å². The summed E-state index contributed by atoms with van der Waals surface area (Å²) in [5, 5.41) is 5.58. The maximum Gasteiger partial charge on any atom is 0.255 e. The second-order valence-electron chi connectivity index (χ2n) is 8.04. The van der Waals surface area contributed by atoms with Crippen LogP contribution in [0.25, 0.3) is 0 Å². The smallest absolute Gasteiger partial charge is 0.255 e. The molecular weight excluding hydrogens is 452 g/mol. The molecule has 0 unspecified atom stereocenters. The monoisotopic (exact) mass is 480 g/mol. The maximum atomic E-state index is 12.7. The zero-order chi connectivity index (χ0) is 24.7. The molecule has 0 aliphatic rings. The Labute approximate surface area is 199 Å². The van der Waals surface area contributed by atoms with Gasteiger partial charge in [-0.1, -0.05) is 29.8 Å². The third-order valence-electron chi connectivity index (χ3n) is 5.13. The Hall–Kier alpha value is -3.56. The Morgan fingerprint density at radius 1 is 0.941 bits per heavy atom. The van der Waals surface area contributed by atoms with Crippen molar-refractivity contribution in [3.63, 3.8) is 0 Å². The first-order valence-electron chi connectivity index (χ1n) is 10.8. The van der Waals surface area contributed by atoms with Gasteiger partial charge in [0.1, 0.15) is 0 Å². The number of pyridine rings is 1. The second-order valence-corrected chi connectivity index (χ2v) is 9.75. The second kappa shape index (κ2) is 11.0. The Kier molecular flexibility index (Phi) is 8.14. The number of hydrogen-bond acceptors (Lipinski definition) is 5. The van der Waals surface area contributed by atoms with Crippen LogP contribution < -0.4 is 15.4 Å². The molecular formula is C25H28N4O4S. The fourth-order valence-electron chi connectivity index (χ4n) is 3.72. The number of anilines is 1. The predicted molar refractivity (Wildman–Crippen MR) is 131 cm³/mol. The third kappa shape index (κ3) is 6.72. The third-order valence-corrected chi connectivity index (χ3v) is 6.90. The SMILES string of the molecule is Cc1cc(C)c(S(=O)(=O)NCCC(=O)NCc2cccc(NC(=O)c3ccncc3)c2)c(C)c1. The highest BCUT2D eigenvalue weighted by molar-refractivity contribution is 7.89. The molecule has 0 spiro atoms. The van der Waals surface area contributed by atoms with Crippen LogP contribution in [-0.2, 0) is 21.4 Å². The molecule has 0 atom stereocenters. The van der Waals surface area contributed by atoms with Crippen LogP contribution >= 0.6 is 0 Å². The fraction of sp³-hybridized carbons (Fsp3) is 0.240. The summed E-state index contributed by atoms with van der Waals surface area (Å²) in [4.78, 5) is 28.7. The summed E-state index contributed by atoms with van der Waals surface area (Å²) in [6, 6.07) is 14.0. The van der Waals surface area contributed by atoms with Gasteiger partial charge >= 0.3 is 0 Å². The number of nitrogens with one attached hydrogen (secondary N) is 3. The Morgan fingerprint density at radius 2 is 1.62 bits per heavy atom. The van der Waals surface area contributed by atoms with Crippen molar-refractivity contribution in [2.45, 2.75) is 38.6 Å². The van der Waals surface area contributed by atoms with Gasteiger partial charge in [-0.25, -0.2) is 13.1 Å². The number of carbonyl (C=O) groups excluding carboxylic acids is 2. The highest BCUT2D eigenvalue weighted by Gasteiger charge is 2.19. The number of carbonyl (C=O) groups is 2. The molecule has 0 radical (unpaired) electrons. The van der Waals surface area contributed by atoms with Crippen molar-refractivity contribution >= 4 is 27.5 Å². The lowest BCUT2D eigenvalue weighted by Crippen LogP contribution is -2.31. The molecule has 0 saturated carbocycles. The minimum Gasteiger partial charge on any atom is -0.352 e. The fourth-order valence-corrected chi connectivity index (χ4v) is 5.20. The van der Waals surface area contributed by atoms with Crippen molar-refractivity contribution in [2.75, 3.05) is 11.9 Å². The Morgan fingerprint density at radius 3 is 2.29 bits per heavy atom. The van der Waals surface area contributed by atoms with Crippen molar-refractivity contribution in [1.82, 2.24) is 15.0 Å². The van der Waals surface area contributed by atoms with Gasteiger partial charge < -0.3 is 10.6 Å². The Balaban J connectivity index is 1.50. The summed E-state index contributed by atoms with van der Waals surface area (Å²) < 4.78 is 27.9. The van der Waals surface area contributed by atoms with Crippen LogP contribution in [0, 0.1) is 20.8 Å². The lowest BCUT2D eigenvalue weighted by Gasteiger charge is -2.13. The molecule has 3 rings (SSSR count). The molecule has 0 saturated heterocycles. The van der Waals surface area contributed by atoms with E-state index in [0.717, 1.165) is 11.1 Å². The molecule has 1 aromatic heterocycles. The van der Waals surface area contributed by atoms with Gasteiger partial charge in [0, 0.05) is 43.2 Å². The summed E-state index contributed by atoms with van der Waals surface area (Å²) in [7, 11) is -3.72. The van der Waals surface area contributed by atoms with Crippen LogP contribution in [0.2, 0.25) is 0 Å². The van der Waals surface area contributed by atoms with Crippen molar-refractivity contribution in [3.05, 3.63) is 88.7 Å². The number of aryl methyl sites for hydroxylation is 3. The van der Waals surface area contributed by atoms with E-state index in [1.807, 2.05) is 25.1 Å². The van der Waals surface area contributed by atoms with Gasteiger partial charge in [0.05, 0.1) is 4.90 Å². The summed E-state index contributed by atoms with van der Waals surface area (Å²) in [5.41, 5.74) is 4.23. The molecule has 0 aliphatic carbocycles. The number of sulfonamides is 1. The van der Waals surface area contributed by atoms with Crippen LogP contribution in [-0.4, -0.2) is 31.8 Å². The van der Waals surface area contributed by atoms with Crippen LogP contribution in [0.15, 0.2) is 65.8 Å². The zero-order valence-electron chi connectivity index (χ0n) is 19.4. The lowest BCUT2D eigenvalue weighted by atomic mass is 10.1. The average Bonchev–Trinajstić information content (AvgIpc) is 2.77. The molecule has 9 heteroatoms. The molecule has 2 amide bonds. The molecule has 0 aliphatic heterocycles. The van der Waals surface area contributed by atoms with Crippen LogP contribution in [0.3, 0.4) is 0 Å². The summed E-state index contributed by atoms with van der Waals surface area (Å²) in [6.45, 7) is 5.67. The summed E-state index contributed by atoms with van der Waals surface area (Å²) in [6.07, 6.45) is 3.09. The standard InChI is InChI=1S/C25H28N4O4S/c1-17-13-18(2)24(19(3)14-17)34(32,33)28-12-9-23(30)27-16-20-5-4-6-22(15-20)29-25(31)21-7-10-26-11-8-21/h4-8,10-11,13-15,28H,9,12,16H2,1-3H3,(H,27,30)(H,29,31). The van der Waals surface area contributed by atoms with E-state index in [2.05, 4.69) is 20.3 Å². The van der Waals surface area contributed by atoms with Gasteiger partial charge in [-0.05, 0) is 61.7 Å². The van der Waals surface area contributed by atoms with E-state index in [-0.39, 0.29) is 36.2 Å². The molecule has 3 aromatic rings. The van der Waals surface area contributed by atoms with Crippen LogP contribution in [0.4, 0.5) is 5.69 Å². The van der Waals surface area contributed by atoms with Gasteiger partial charge in [-0.3, -0.25) is 14.6 Å². The molecule has 34 heavy (non-hydrogen) atoms. The number of hydrogen-bond donors (Lipinski definition) is 3. The highest BCUT2D eigenvalue weighted by Crippen LogP contribution is 2.21. The van der Waals surface area contributed by atoms with Crippen LogP contribution in [0.1, 0.15) is 39.0 Å². The van der Waals surface area contributed by atoms with Gasteiger partial charge in [-0.2, -0.15) is 0 Å². The van der Waals surface area contributed by atoms with E-state index in [9.17, 15) is 18.0 Å². The number of rotatable bonds is 9. The van der Waals surface area contributed by atoms with Gasteiger partial charge in [0.2, 0.25) is 15.9 Å². The van der Waals surface area contributed by atoms with Crippen molar-refractivity contribution in [1.29, 1.82) is 0 Å². The molecule has 0 fully saturated rings. The van der Waals surface area contributed by atoms with Gasteiger partial charge in [0.25, 0.3) is 5.91 Å². The largest absolute Gasteiger partial charge is 0.352 e. The predicted octanol–water partition coefficient (Wildman–Crippen LogP) is 3.24. The lowest BCUT2D eigenvalue weighted by molar-refractivity contribution is -0.121. The molecule has 1 heterocycles. The normalized spacial score (nSPS) is 11.1. The van der Waals surface area contributed by atoms with Crippen molar-refractivity contribution < 1.29 is 18.0 Å². The maximum absolute atomic E-state index is 12.7. The molecule has 178 valence electrons. The van der Waals surface area contributed by atoms with E-state index in [1.54, 1.807) is 56.6 Å². The topological polar surface area (TPSA) is 117 Å². The first-order valence-corrected chi connectivity index (χ1v) is 12.3. The van der Waals surface area contributed by atoms with Crippen molar-refractivity contribution in [2.24, 2.45) is 0 Å². The minimum absolute atomic E-state index is 0.00164. The van der Waals surface area contributed by atoms with E-state index in [1.165, 1.54) is 0 Å². The number of benzene rings is 2.